The number of aliphatic hydroxyl groups is 1. The first kappa shape index (κ1) is 36.3. The van der Waals surface area contributed by atoms with Gasteiger partial charge in [-0.15, -0.1) is 13.2 Å². The highest BCUT2D eigenvalue weighted by Crippen LogP contribution is 2.59. The topological polar surface area (TPSA) is 125 Å². The van der Waals surface area contributed by atoms with Gasteiger partial charge >= 0.3 is 5.97 Å². The number of rotatable bonds is 15. The third kappa shape index (κ3) is 7.33. The van der Waals surface area contributed by atoms with Crippen molar-refractivity contribution >= 4 is 23.7 Å². The second kappa shape index (κ2) is 14.3. The smallest absolute Gasteiger partial charge is 0.313 e. The summed E-state index contributed by atoms with van der Waals surface area (Å²) in [6.07, 6.45) is 4.30. The molecule has 0 unspecified atom stereocenters. The maximum atomic E-state index is 14.7. The van der Waals surface area contributed by atoms with Crippen molar-refractivity contribution in [3.63, 3.8) is 0 Å². The number of hydrogen-bond acceptors (Lipinski definition) is 7. The van der Waals surface area contributed by atoms with Crippen molar-refractivity contribution in [3.05, 3.63) is 61.2 Å². The summed E-state index contributed by atoms with van der Waals surface area (Å²) in [5.41, 5.74) is -1.21. The Bertz CT molecular complexity index is 1340. The third-order valence-corrected chi connectivity index (χ3v) is 9.71. The van der Waals surface area contributed by atoms with Crippen LogP contribution in [0.1, 0.15) is 85.3 Å². The molecule has 0 aromatic heterocycles. The van der Waals surface area contributed by atoms with Crippen LogP contribution in [-0.2, 0) is 28.7 Å². The molecule has 0 radical (unpaired) electrons. The average Bonchev–Trinajstić information content (AvgIpc) is 3.64. The van der Waals surface area contributed by atoms with Gasteiger partial charge < -0.3 is 29.7 Å². The fourth-order valence-electron chi connectivity index (χ4n) is 8.29. The lowest BCUT2D eigenvalue weighted by molar-refractivity contribution is -0.162. The first-order chi connectivity index (χ1) is 22.1. The molecule has 1 aromatic carbocycles. The molecule has 10 nitrogen and oxygen atoms in total. The fourth-order valence-corrected chi connectivity index (χ4v) is 8.29. The molecule has 10 heteroatoms. The summed E-state index contributed by atoms with van der Waals surface area (Å²) in [5, 5.41) is 13.0. The molecule has 3 aliphatic rings. The Morgan fingerprint density at radius 2 is 1.85 bits per heavy atom. The number of nitrogens with zero attached hydrogens (tertiary/aromatic N) is 2. The van der Waals surface area contributed by atoms with Crippen LogP contribution in [0.3, 0.4) is 0 Å². The zero-order valence-corrected chi connectivity index (χ0v) is 28.9. The van der Waals surface area contributed by atoms with E-state index in [1.165, 1.54) is 4.90 Å². The summed E-state index contributed by atoms with van der Waals surface area (Å²) in [6.45, 7) is 19.6. The van der Waals surface area contributed by atoms with E-state index in [1.54, 1.807) is 24.0 Å². The maximum Gasteiger partial charge on any atom is 0.313 e. The summed E-state index contributed by atoms with van der Waals surface area (Å²) in [4.78, 5) is 58.9. The minimum absolute atomic E-state index is 0.0642. The molecule has 7 atom stereocenters. The molecule has 3 fully saturated rings. The molecule has 3 heterocycles. The number of nitrogens with one attached hydrogen (secondary N) is 1. The molecule has 0 aliphatic carbocycles. The lowest BCUT2D eigenvalue weighted by Gasteiger charge is -2.45. The summed E-state index contributed by atoms with van der Waals surface area (Å²) in [7, 11) is 0. The number of esters is 1. The first-order valence-corrected chi connectivity index (χ1v) is 16.8. The molecule has 3 aliphatic heterocycles. The molecule has 2 bridgehead atoms. The number of ether oxygens (including phenoxy) is 2. The monoisotopic (exact) mass is 651 g/mol. The zero-order valence-electron chi connectivity index (χ0n) is 28.9. The van der Waals surface area contributed by atoms with Gasteiger partial charge in [0.15, 0.2) is 0 Å². The number of carbonyl (C=O) groups excluding carboxylic acids is 4. The number of carbonyl (C=O) groups is 4. The third-order valence-electron chi connectivity index (χ3n) is 9.71. The number of amides is 3. The number of fused-ring (bicyclic) bond motifs is 1. The van der Waals surface area contributed by atoms with E-state index in [9.17, 15) is 24.3 Å². The van der Waals surface area contributed by atoms with Crippen LogP contribution >= 0.6 is 0 Å². The van der Waals surface area contributed by atoms with E-state index in [-0.39, 0.29) is 43.3 Å². The van der Waals surface area contributed by atoms with Crippen molar-refractivity contribution in [1.82, 2.24) is 15.1 Å². The predicted molar refractivity (Wildman–Crippen MR) is 179 cm³/mol. The Balaban J connectivity index is 1.67. The summed E-state index contributed by atoms with van der Waals surface area (Å²) < 4.78 is 12.8. The highest BCUT2D eigenvalue weighted by atomic mass is 16.6. The summed E-state index contributed by atoms with van der Waals surface area (Å²) in [6, 6.07) is 7.59. The lowest BCUT2D eigenvalue weighted by atomic mass is 9.70. The molecule has 258 valence electrons. The van der Waals surface area contributed by atoms with E-state index in [2.05, 4.69) is 39.2 Å². The molecule has 1 spiro atoms. The van der Waals surface area contributed by atoms with Gasteiger partial charge in [0.1, 0.15) is 17.7 Å². The molecular weight excluding hydrogens is 598 g/mol. The van der Waals surface area contributed by atoms with Crippen LogP contribution in [0.25, 0.3) is 0 Å². The molecule has 47 heavy (non-hydrogen) atoms. The minimum Gasteiger partial charge on any atom is -0.455 e. The highest BCUT2D eigenvalue weighted by molar-refractivity contribution is 5.98. The molecular formula is C37H53N3O7. The van der Waals surface area contributed by atoms with E-state index in [0.29, 0.717) is 31.2 Å². The Morgan fingerprint density at radius 3 is 2.45 bits per heavy atom. The Kier molecular flexibility index (Phi) is 11.1. The standard InChI is InChI=1S/C37H53N3O7/c1-9-11-17-27(42)38-24(3)30(25-15-13-12-14-16-25)46-34(45)28-26-18-19-37(47-26)29(28)32(43)39(21-22-41)31(37)33(44)40(20-10-2)36(7,8)23-35(4,5)6/h9-10,12-16,24,26,28-31,41H,1-2,11,17-23H2,3-8H3,(H,38,42)/t24-,26-,28+,29+,30-,31-,37+/m0/s1. The average molecular weight is 652 g/mol. The van der Waals surface area contributed by atoms with Crippen LogP contribution in [0.15, 0.2) is 55.6 Å². The Labute approximate surface area is 279 Å². The van der Waals surface area contributed by atoms with Crippen molar-refractivity contribution in [2.24, 2.45) is 17.3 Å². The van der Waals surface area contributed by atoms with Gasteiger partial charge in [0.25, 0.3) is 0 Å². The molecule has 1 aromatic rings. The van der Waals surface area contributed by atoms with Gasteiger partial charge in [-0.05, 0) is 57.4 Å². The first-order valence-electron chi connectivity index (χ1n) is 16.8. The SMILES string of the molecule is C=CCCC(=O)N[C@@H](C)[C@H](OC(=O)[C@@H]1[C@@H]2CC[C@]3(O2)[C@H](C(=O)N(CC=C)C(C)(C)CC(C)(C)C)N(CCO)C(=O)[C@@H]13)c1ccccc1. The predicted octanol–water partition coefficient (Wildman–Crippen LogP) is 4.34. The van der Waals surface area contributed by atoms with Crippen LogP contribution in [0.4, 0.5) is 0 Å². The quantitative estimate of drug-likeness (QED) is 0.214. The van der Waals surface area contributed by atoms with Crippen molar-refractivity contribution in [2.45, 2.75) is 109 Å². The van der Waals surface area contributed by atoms with E-state index in [4.69, 9.17) is 9.47 Å². The molecule has 0 saturated carbocycles. The largest absolute Gasteiger partial charge is 0.455 e. The Hall–Kier alpha value is -3.50. The van der Waals surface area contributed by atoms with Gasteiger partial charge in [-0.2, -0.15) is 0 Å². The molecule has 2 N–H and O–H groups in total. The molecule has 3 saturated heterocycles. The maximum absolute atomic E-state index is 14.7. The Morgan fingerprint density at radius 1 is 1.17 bits per heavy atom. The van der Waals surface area contributed by atoms with Gasteiger partial charge in [-0.3, -0.25) is 19.2 Å². The molecule has 4 rings (SSSR count). The molecule has 3 amide bonds. The number of allylic oxidation sites excluding steroid dienone is 1. The van der Waals surface area contributed by atoms with Gasteiger partial charge in [-0.1, -0.05) is 63.3 Å². The van der Waals surface area contributed by atoms with E-state index in [0.717, 1.165) is 0 Å². The fraction of sp³-hybridized carbons (Fsp3) is 0.622. The number of benzene rings is 1. The van der Waals surface area contributed by atoms with Crippen LogP contribution in [0.2, 0.25) is 0 Å². The van der Waals surface area contributed by atoms with Gasteiger partial charge in [0.2, 0.25) is 17.7 Å². The van der Waals surface area contributed by atoms with E-state index >= 15 is 0 Å². The van der Waals surface area contributed by atoms with Crippen LogP contribution in [-0.4, -0.2) is 87.6 Å². The second-order valence-electron chi connectivity index (χ2n) is 15.1. The summed E-state index contributed by atoms with van der Waals surface area (Å²) >= 11 is 0. The zero-order chi connectivity index (χ0) is 34.7. The van der Waals surface area contributed by atoms with Crippen molar-refractivity contribution in [1.29, 1.82) is 0 Å². The number of aliphatic hydroxyl groups excluding tert-OH is 1. The van der Waals surface area contributed by atoms with Gasteiger partial charge in [0, 0.05) is 25.0 Å². The van der Waals surface area contributed by atoms with E-state index in [1.807, 2.05) is 44.2 Å². The van der Waals surface area contributed by atoms with Gasteiger partial charge in [0.05, 0.1) is 30.6 Å². The lowest BCUT2D eigenvalue weighted by Crippen LogP contribution is -2.61. The number of likely N-dealkylation sites (tertiary alicyclic amines) is 1. The second-order valence-corrected chi connectivity index (χ2v) is 15.1. The van der Waals surface area contributed by atoms with Crippen LogP contribution < -0.4 is 5.32 Å². The van der Waals surface area contributed by atoms with Crippen LogP contribution in [0.5, 0.6) is 0 Å². The number of hydrogen-bond donors (Lipinski definition) is 2. The van der Waals surface area contributed by atoms with Gasteiger partial charge in [-0.25, -0.2) is 0 Å². The summed E-state index contributed by atoms with van der Waals surface area (Å²) in [5.74, 6) is -3.36. The highest BCUT2D eigenvalue weighted by Gasteiger charge is 2.75. The number of β-amino-alcohol motifs (C(OH)–C–C–N with tert-alkyl or cyclic N) is 1. The van der Waals surface area contributed by atoms with Crippen molar-refractivity contribution in [3.8, 4) is 0 Å². The van der Waals surface area contributed by atoms with Crippen molar-refractivity contribution < 1.29 is 33.8 Å². The van der Waals surface area contributed by atoms with Crippen molar-refractivity contribution in [2.75, 3.05) is 19.7 Å². The normalized spacial score (nSPS) is 26.4. The van der Waals surface area contributed by atoms with Crippen LogP contribution in [0, 0.1) is 17.3 Å². The minimum atomic E-state index is -1.23. The van der Waals surface area contributed by atoms with E-state index < -0.39 is 59.1 Å².